The van der Waals surface area contributed by atoms with Crippen molar-refractivity contribution < 1.29 is 23.8 Å². The Kier molecular flexibility index (Phi) is 6.71. The molecule has 0 aliphatic heterocycles. The molecule has 1 atom stereocenters. The van der Waals surface area contributed by atoms with Gasteiger partial charge in [0.05, 0.1) is 24.9 Å². The Morgan fingerprint density at radius 1 is 1.04 bits per heavy atom. The third kappa shape index (κ3) is 4.80. The van der Waals surface area contributed by atoms with Crippen LogP contribution in [0.25, 0.3) is 0 Å². The lowest BCUT2D eigenvalue weighted by atomic mass is 10.2. The van der Waals surface area contributed by atoms with Crippen LogP contribution in [0.2, 0.25) is 10.0 Å². The van der Waals surface area contributed by atoms with Gasteiger partial charge in [-0.1, -0.05) is 23.2 Å². The summed E-state index contributed by atoms with van der Waals surface area (Å²) in [6.07, 6.45) is -1.05. The average molecular weight is 398 g/mol. The molecule has 0 bridgehead atoms. The minimum atomic E-state index is -1.05. The number of amides is 1. The Labute approximate surface area is 160 Å². The fourth-order valence-corrected chi connectivity index (χ4v) is 2.53. The third-order valence-electron chi connectivity index (χ3n) is 3.47. The first-order chi connectivity index (χ1) is 12.3. The third-order valence-corrected chi connectivity index (χ3v) is 4.02. The van der Waals surface area contributed by atoms with Crippen molar-refractivity contribution in [1.29, 1.82) is 0 Å². The van der Waals surface area contributed by atoms with Gasteiger partial charge in [-0.25, -0.2) is 4.79 Å². The number of carbonyl (C=O) groups excluding carboxylic acids is 2. The SMILES string of the molecule is COc1ccc(C(=O)O[C@H](C)C(=O)Nc2ccc(Cl)cc2Cl)c(OC)c1. The van der Waals surface area contributed by atoms with Crippen molar-refractivity contribution in [3.8, 4) is 11.5 Å². The minimum absolute atomic E-state index is 0.178. The van der Waals surface area contributed by atoms with E-state index in [1.807, 2.05) is 0 Å². The van der Waals surface area contributed by atoms with Crippen LogP contribution in [0.15, 0.2) is 36.4 Å². The Hall–Kier alpha value is -2.44. The zero-order chi connectivity index (χ0) is 19.3. The summed E-state index contributed by atoms with van der Waals surface area (Å²) in [6.45, 7) is 1.45. The number of halogens is 2. The molecule has 2 aromatic carbocycles. The number of ether oxygens (including phenoxy) is 3. The van der Waals surface area contributed by atoms with Gasteiger partial charge in [-0.3, -0.25) is 4.79 Å². The Morgan fingerprint density at radius 2 is 1.77 bits per heavy atom. The van der Waals surface area contributed by atoms with E-state index < -0.39 is 18.0 Å². The minimum Gasteiger partial charge on any atom is -0.497 e. The van der Waals surface area contributed by atoms with Crippen LogP contribution in [0.3, 0.4) is 0 Å². The van der Waals surface area contributed by atoms with Crippen LogP contribution in [0.4, 0.5) is 5.69 Å². The molecular formula is C18H17Cl2NO5. The van der Waals surface area contributed by atoms with E-state index in [9.17, 15) is 9.59 Å². The van der Waals surface area contributed by atoms with Gasteiger partial charge in [0, 0.05) is 11.1 Å². The quantitative estimate of drug-likeness (QED) is 0.739. The van der Waals surface area contributed by atoms with Crippen LogP contribution in [-0.2, 0) is 9.53 Å². The number of benzene rings is 2. The number of nitrogens with one attached hydrogen (secondary N) is 1. The van der Waals surface area contributed by atoms with Crippen LogP contribution in [0.5, 0.6) is 11.5 Å². The first kappa shape index (κ1) is 19.9. The van der Waals surface area contributed by atoms with Gasteiger partial charge < -0.3 is 19.5 Å². The molecule has 0 saturated carbocycles. The average Bonchev–Trinajstić information content (AvgIpc) is 2.63. The molecule has 0 aromatic heterocycles. The largest absolute Gasteiger partial charge is 0.497 e. The maximum atomic E-state index is 12.3. The molecule has 1 amide bonds. The van der Waals surface area contributed by atoms with E-state index in [0.717, 1.165) is 0 Å². The van der Waals surface area contributed by atoms with Gasteiger partial charge in [-0.2, -0.15) is 0 Å². The molecule has 0 unspecified atom stereocenters. The zero-order valence-corrected chi connectivity index (χ0v) is 15.9. The number of carbonyl (C=O) groups is 2. The van der Waals surface area contributed by atoms with Crippen LogP contribution in [-0.4, -0.2) is 32.2 Å². The highest BCUT2D eigenvalue weighted by atomic mass is 35.5. The summed E-state index contributed by atoms with van der Waals surface area (Å²) in [4.78, 5) is 24.6. The van der Waals surface area contributed by atoms with Crippen molar-refractivity contribution in [1.82, 2.24) is 0 Å². The number of esters is 1. The zero-order valence-electron chi connectivity index (χ0n) is 14.3. The molecule has 0 saturated heterocycles. The Balaban J connectivity index is 2.07. The van der Waals surface area contributed by atoms with E-state index in [2.05, 4.69) is 5.32 Å². The second-order valence-electron chi connectivity index (χ2n) is 5.23. The molecule has 0 fully saturated rings. The molecule has 0 spiro atoms. The van der Waals surface area contributed by atoms with Crippen molar-refractivity contribution in [3.63, 3.8) is 0 Å². The number of rotatable bonds is 6. The molecule has 26 heavy (non-hydrogen) atoms. The lowest BCUT2D eigenvalue weighted by Gasteiger charge is -2.15. The number of hydrogen-bond acceptors (Lipinski definition) is 5. The maximum Gasteiger partial charge on any atom is 0.342 e. The summed E-state index contributed by atoms with van der Waals surface area (Å²) in [5, 5.41) is 3.31. The smallest absolute Gasteiger partial charge is 0.342 e. The monoisotopic (exact) mass is 397 g/mol. The number of methoxy groups -OCH3 is 2. The molecule has 0 aliphatic rings. The topological polar surface area (TPSA) is 73.9 Å². The molecule has 0 heterocycles. The molecule has 2 rings (SSSR count). The van der Waals surface area contributed by atoms with E-state index in [1.165, 1.54) is 33.3 Å². The van der Waals surface area contributed by atoms with Gasteiger partial charge in [-0.05, 0) is 37.3 Å². The maximum absolute atomic E-state index is 12.3. The summed E-state index contributed by atoms with van der Waals surface area (Å²) >= 11 is 11.8. The van der Waals surface area contributed by atoms with Crippen LogP contribution < -0.4 is 14.8 Å². The van der Waals surface area contributed by atoms with Crippen LogP contribution in [0.1, 0.15) is 17.3 Å². The van der Waals surface area contributed by atoms with Gasteiger partial charge in [0.15, 0.2) is 6.10 Å². The summed E-state index contributed by atoms with van der Waals surface area (Å²) in [6, 6.07) is 9.29. The molecule has 8 heteroatoms. The molecule has 0 radical (unpaired) electrons. The van der Waals surface area contributed by atoms with E-state index in [4.69, 9.17) is 37.4 Å². The van der Waals surface area contributed by atoms with Gasteiger partial charge in [-0.15, -0.1) is 0 Å². The fourth-order valence-electron chi connectivity index (χ4n) is 2.07. The molecule has 138 valence electrons. The van der Waals surface area contributed by atoms with E-state index in [0.29, 0.717) is 16.5 Å². The fraction of sp³-hybridized carbons (Fsp3) is 0.222. The van der Waals surface area contributed by atoms with Crippen molar-refractivity contribution in [3.05, 3.63) is 52.0 Å². The molecule has 1 N–H and O–H groups in total. The highest BCUT2D eigenvalue weighted by Gasteiger charge is 2.22. The highest BCUT2D eigenvalue weighted by molar-refractivity contribution is 6.36. The van der Waals surface area contributed by atoms with E-state index in [1.54, 1.807) is 24.3 Å². The van der Waals surface area contributed by atoms with Crippen molar-refractivity contribution >= 4 is 40.8 Å². The van der Waals surface area contributed by atoms with Gasteiger partial charge >= 0.3 is 5.97 Å². The van der Waals surface area contributed by atoms with Gasteiger partial charge in [0.1, 0.15) is 17.1 Å². The van der Waals surface area contributed by atoms with Crippen LogP contribution in [0, 0.1) is 0 Å². The first-order valence-corrected chi connectivity index (χ1v) is 8.30. The predicted octanol–water partition coefficient (Wildman–Crippen LogP) is 4.19. The van der Waals surface area contributed by atoms with Crippen molar-refractivity contribution in [2.75, 3.05) is 19.5 Å². The second-order valence-corrected chi connectivity index (χ2v) is 6.07. The molecular weight excluding hydrogens is 381 g/mol. The van der Waals surface area contributed by atoms with Crippen LogP contribution >= 0.6 is 23.2 Å². The number of anilines is 1. The molecule has 2 aromatic rings. The normalized spacial score (nSPS) is 11.4. The lowest BCUT2D eigenvalue weighted by molar-refractivity contribution is -0.123. The highest BCUT2D eigenvalue weighted by Crippen LogP contribution is 2.27. The van der Waals surface area contributed by atoms with Gasteiger partial charge in [0.2, 0.25) is 0 Å². The summed E-state index contributed by atoms with van der Waals surface area (Å²) < 4.78 is 15.4. The summed E-state index contributed by atoms with van der Waals surface area (Å²) in [7, 11) is 2.92. The Morgan fingerprint density at radius 3 is 2.38 bits per heavy atom. The lowest BCUT2D eigenvalue weighted by Crippen LogP contribution is -2.30. The Bertz CT molecular complexity index is 825. The van der Waals surface area contributed by atoms with Crippen molar-refractivity contribution in [2.45, 2.75) is 13.0 Å². The summed E-state index contributed by atoms with van der Waals surface area (Å²) in [5.74, 6) is -0.423. The van der Waals surface area contributed by atoms with E-state index in [-0.39, 0.29) is 16.3 Å². The van der Waals surface area contributed by atoms with Crippen molar-refractivity contribution in [2.24, 2.45) is 0 Å². The standard InChI is InChI=1S/C18H17Cl2NO5/c1-10(17(22)21-15-7-4-11(19)8-14(15)20)26-18(23)13-6-5-12(24-2)9-16(13)25-3/h4-10H,1-3H3,(H,21,22)/t10-/m1/s1. The second kappa shape index (κ2) is 8.78. The van der Waals surface area contributed by atoms with E-state index >= 15 is 0 Å². The predicted molar refractivity (Wildman–Crippen MR) is 99.5 cm³/mol. The number of hydrogen-bond donors (Lipinski definition) is 1. The molecule has 0 aliphatic carbocycles. The summed E-state index contributed by atoms with van der Waals surface area (Å²) in [5.41, 5.74) is 0.545. The first-order valence-electron chi connectivity index (χ1n) is 7.54. The van der Waals surface area contributed by atoms with Gasteiger partial charge in [0.25, 0.3) is 5.91 Å². The molecule has 6 nitrogen and oxygen atoms in total.